The van der Waals surface area contributed by atoms with Crippen LogP contribution in [-0.2, 0) is 0 Å². The van der Waals surface area contributed by atoms with Crippen LogP contribution in [0.2, 0.25) is 0 Å². The molecule has 1 aromatic rings. The summed E-state index contributed by atoms with van der Waals surface area (Å²) in [4.78, 5) is 16.0. The van der Waals surface area contributed by atoms with Crippen molar-refractivity contribution in [1.82, 2.24) is 4.90 Å². The molecular formula is C18H26N2O. The van der Waals surface area contributed by atoms with Crippen LogP contribution in [0.3, 0.4) is 0 Å². The lowest BCUT2D eigenvalue weighted by Gasteiger charge is -2.41. The topological polar surface area (TPSA) is 23.6 Å². The Balaban J connectivity index is 1.61. The first-order valence-electron chi connectivity index (χ1n) is 8.33. The zero-order valence-corrected chi connectivity index (χ0v) is 13.1. The molecule has 0 unspecified atom stereocenters. The first kappa shape index (κ1) is 14.6. The van der Waals surface area contributed by atoms with Crippen LogP contribution in [0, 0.1) is 6.92 Å². The molecule has 3 nitrogen and oxygen atoms in total. The van der Waals surface area contributed by atoms with Gasteiger partial charge in [-0.1, -0.05) is 6.42 Å². The fourth-order valence-electron chi connectivity index (χ4n) is 3.86. The molecule has 21 heavy (non-hydrogen) atoms. The van der Waals surface area contributed by atoms with Crippen molar-refractivity contribution in [2.75, 3.05) is 31.1 Å². The summed E-state index contributed by atoms with van der Waals surface area (Å²) >= 11 is 0. The number of benzene rings is 1. The van der Waals surface area contributed by atoms with Crippen LogP contribution in [0.5, 0.6) is 0 Å². The number of nitrogens with zero attached hydrogens (tertiary/aromatic N) is 2. The van der Waals surface area contributed by atoms with Crippen LogP contribution < -0.4 is 4.90 Å². The van der Waals surface area contributed by atoms with Crippen molar-refractivity contribution in [3.05, 3.63) is 29.3 Å². The van der Waals surface area contributed by atoms with Crippen LogP contribution in [0.1, 0.15) is 48.0 Å². The molecule has 2 heterocycles. The van der Waals surface area contributed by atoms with Crippen LogP contribution in [0.25, 0.3) is 0 Å². The maximum atomic E-state index is 10.8. The molecule has 0 saturated carbocycles. The van der Waals surface area contributed by atoms with E-state index in [0.29, 0.717) is 0 Å². The van der Waals surface area contributed by atoms with Crippen molar-refractivity contribution in [3.63, 3.8) is 0 Å². The summed E-state index contributed by atoms with van der Waals surface area (Å²) in [6.45, 7) is 7.00. The molecule has 0 bridgehead atoms. The number of carbonyl (C=O) groups excluding carboxylic acids is 1. The Labute approximate surface area is 127 Å². The van der Waals surface area contributed by atoms with E-state index in [4.69, 9.17) is 0 Å². The minimum Gasteiger partial charge on any atom is -0.371 e. The van der Waals surface area contributed by atoms with Gasteiger partial charge in [0.1, 0.15) is 6.29 Å². The summed E-state index contributed by atoms with van der Waals surface area (Å²) in [5, 5.41) is 0. The molecule has 0 spiro atoms. The Morgan fingerprint density at radius 1 is 1.05 bits per heavy atom. The minimum absolute atomic E-state index is 0.777. The second-order valence-corrected chi connectivity index (χ2v) is 6.48. The lowest BCUT2D eigenvalue weighted by Crippen LogP contribution is -2.46. The standard InChI is InChI=1S/C18H26N2O/c1-15-13-16(14-21)5-6-18(15)20-11-7-17(8-12-20)19-9-3-2-4-10-19/h5-6,13-14,17H,2-4,7-12H2,1H3. The normalized spacial score (nSPS) is 21.5. The monoisotopic (exact) mass is 286 g/mol. The molecule has 114 valence electrons. The Hall–Kier alpha value is -1.35. The number of likely N-dealkylation sites (tertiary alicyclic amines) is 1. The molecule has 2 aliphatic rings. The van der Waals surface area contributed by atoms with Gasteiger partial charge in [0.05, 0.1) is 0 Å². The van der Waals surface area contributed by atoms with Crippen LogP contribution >= 0.6 is 0 Å². The van der Waals surface area contributed by atoms with Gasteiger partial charge in [0.25, 0.3) is 0 Å². The number of aryl methyl sites for hydroxylation is 1. The van der Waals surface area contributed by atoms with E-state index in [1.807, 2.05) is 12.1 Å². The van der Waals surface area contributed by atoms with Gasteiger partial charge in [0, 0.05) is 30.4 Å². The predicted octanol–water partition coefficient (Wildman–Crippen LogP) is 3.26. The largest absolute Gasteiger partial charge is 0.371 e. The van der Waals surface area contributed by atoms with Crippen LogP contribution in [-0.4, -0.2) is 43.4 Å². The molecule has 0 amide bonds. The third-order valence-electron chi connectivity index (χ3n) is 5.07. The molecule has 1 aromatic carbocycles. The Kier molecular flexibility index (Phi) is 4.59. The second kappa shape index (κ2) is 6.61. The first-order valence-corrected chi connectivity index (χ1v) is 8.33. The maximum Gasteiger partial charge on any atom is 0.150 e. The Morgan fingerprint density at radius 2 is 1.76 bits per heavy atom. The third-order valence-corrected chi connectivity index (χ3v) is 5.07. The van der Waals surface area contributed by atoms with E-state index >= 15 is 0 Å². The molecule has 2 fully saturated rings. The highest BCUT2D eigenvalue weighted by molar-refractivity contribution is 5.77. The van der Waals surface area contributed by atoms with Crippen molar-refractivity contribution in [3.8, 4) is 0 Å². The van der Waals surface area contributed by atoms with Crippen molar-refractivity contribution in [2.24, 2.45) is 0 Å². The van der Waals surface area contributed by atoms with E-state index in [0.717, 1.165) is 31.0 Å². The van der Waals surface area contributed by atoms with Gasteiger partial charge in [-0.3, -0.25) is 4.79 Å². The Bertz CT molecular complexity index is 486. The maximum absolute atomic E-state index is 10.8. The summed E-state index contributed by atoms with van der Waals surface area (Å²) < 4.78 is 0. The zero-order chi connectivity index (χ0) is 14.7. The zero-order valence-electron chi connectivity index (χ0n) is 13.1. The quantitative estimate of drug-likeness (QED) is 0.797. The van der Waals surface area contributed by atoms with Gasteiger partial charge in [-0.2, -0.15) is 0 Å². The van der Waals surface area contributed by atoms with E-state index < -0.39 is 0 Å². The predicted molar refractivity (Wildman–Crippen MR) is 87.2 cm³/mol. The number of carbonyl (C=O) groups is 1. The summed E-state index contributed by atoms with van der Waals surface area (Å²) in [7, 11) is 0. The van der Waals surface area contributed by atoms with Crippen molar-refractivity contribution in [2.45, 2.75) is 45.1 Å². The van der Waals surface area contributed by atoms with Crippen molar-refractivity contribution < 1.29 is 4.79 Å². The molecule has 2 saturated heterocycles. The van der Waals surface area contributed by atoms with Crippen molar-refractivity contribution >= 4 is 12.0 Å². The number of hydrogen-bond donors (Lipinski definition) is 0. The average Bonchev–Trinajstić information content (AvgIpc) is 2.56. The van der Waals surface area contributed by atoms with Crippen LogP contribution in [0.4, 0.5) is 5.69 Å². The summed E-state index contributed by atoms with van der Waals surface area (Å²) in [6.07, 6.45) is 7.65. The summed E-state index contributed by atoms with van der Waals surface area (Å²) in [5.41, 5.74) is 3.30. The molecule has 0 N–H and O–H groups in total. The third kappa shape index (κ3) is 3.29. The van der Waals surface area contributed by atoms with E-state index in [1.54, 1.807) is 0 Å². The van der Waals surface area contributed by atoms with E-state index in [1.165, 1.54) is 56.4 Å². The van der Waals surface area contributed by atoms with Crippen LogP contribution in [0.15, 0.2) is 18.2 Å². The molecule has 0 aliphatic carbocycles. The summed E-state index contributed by atoms with van der Waals surface area (Å²) in [6, 6.07) is 6.84. The second-order valence-electron chi connectivity index (χ2n) is 6.48. The van der Waals surface area contributed by atoms with E-state index in [-0.39, 0.29) is 0 Å². The SMILES string of the molecule is Cc1cc(C=O)ccc1N1CCC(N2CCCCC2)CC1. The smallest absolute Gasteiger partial charge is 0.150 e. The van der Waals surface area contributed by atoms with Gasteiger partial charge in [0.2, 0.25) is 0 Å². The van der Waals surface area contributed by atoms with Gasteiger partial charge in [-0.05, 0) is 69.5 Å². The number of anilines is 1. The van der Waals surface area contributed by atoms with Gasteiger partial charge in [0.15, 0.2) is 0 Å². The van der Waals surface area contributed by atoms with Gasteiger partial charge >= 0.3 is 0 Å². The first-order chi connectivity index (χ1) is 10.3. The molecular weight excluding hydrogens is 260 g/mol. The number of piperidine rings is 2. The molecule has 0 radical (unpaired) electrons. The molecule has 2 aliphatic heterocycles. The average molecular weight is 286 g/mol. The highest BCUT2D eigenvalue weighted by Gasteiger charge is 2.26. The lowest BCUT2D eigenvalue weighted by molar-refractivity contribution is 0.112. The molecule has 3 rings (SSSR count). The molecule has 0 aromatic heterocycles. The van der Waals surface area contributed by atoms with E-state index in [2.05, 4.69) is 22.8 Å². The molecule has 3 heteroatoms. The van der Waals surface area contributed by atoms with Crippen molar-refractivity contribution in [1.29, 1.82) is 0 Å². The van der Waals surface area contributed by atoms with Gasteiger partial charge in [-0.15, -0.1) is 0 Å². The number of rotatable bonds is 3. The fraction of sp³-hybridized carbons (Fsp3) is 0.611. The molecule has 0 atom stereocenters. The number of hydrogen-bond acceptors (Lipinski definition) is 3. The van der Waals surface area contributed by atoms with Gasteiger partial charge < -0.3 is 9.80 Å². The van der Waals surface area contributed by atoms with Gasteiger partial charge in [-0.25, -0.2) is 0 Å². The summed E-state index contributed by atoms with van der Waals surface area (Å²) in [5.74, 6) is 0. The number of aldehydes is 1. The lowest BCUT2D eigenvalue weighted by atomic mass is 9.98. The fourth-order valence-corrected chi connectivity index (χ4v) is 3.86. The highest BCUT2D eigenvalue weighted by atomic mass is 16.1. The highest BCUT2D eigenvalue weighted by Crippen LogP contribution is 2.27. The Morgan fingerprint density at radius 3 is 2.38 bits per heavy atom. The van der Waals surface area contributed by atoms with E-state index in [9.17, 15) is 4.79 Å². The minimum atomic E-state index is 0.777.